The highest BCUT2D eigenvalue weighted by atomic mass is 127. The van der Waals surface area contributed by atoms with Gasteiger partial charge in [-0.3, -0.25) is 4.72 Å². The zero-order valence-electron chi connectivity index (χ0n) is 10.4. The third-order valence-electron chi connectivity index (χ3n) is 2.73. The fourth-order valence-corrected chi connectivity index (χ4v) is 2.60. The molecule has 0 radical (unpaired) electrons. The average Bonchev–Trinajstić information content (AvgIpc) is 2.20. The van der Waals surface area contributed by atoms with Gasteiger partial charge in [0.1, 0.15) is 0 Å². The highest BCUT2D eigenvalue weighted by molar-refractivity contribution is 14.2. The Morgan fingerprint density at radius 2 is 1.94 bits per heavy atom. The highest BCUT2D eigenvalue weighted by Crippen LogP contribution is 2.30. The molecule has 3 heteroatoms. The summed E-state index contributed by atoms with van der Waals surface area (Å²) < 4.78 is 3.33. The Bertz CT molecular complexity index is 331. The van der Waals surface area contributed by atoms with Crippen molar-refractivity contribution in [1.82, 2.24) is 4.72 Å². The first-order valence-corrected chi connectivity index (χ1v) is 8.82. The van der Waals surface area contributed by atoms with E-state index < -0.39 is 0 Å². The predicted molar refractivity (Wildman–Crippen MR) is 83.5 cm³/mol. The van der Waals surface area contributed by atoms with Gasteiger partial charge in [0.15, 0.2) is 0 Å². The summed E-state index contributed by atoms with van der Waals surface area (Å²) in [5, 5.41) is 0. The van der Waals surface area contributed by atoms with Crippen molar-refractivity contribution in [3.63, 3.8) is 0 Å². The standard InChI is InChI=1S/C13H20INS/c1-11-5-6-13(4,10-15-16-14)8-7-12(2,3)9-11/h5-9,15H,10H2,1-4H3/b6-5-,8-7-,11-9-. The van der Waals surface area contributed by atoms with Crippen molar-refractivity contribution >= 4 is 30.3 Å². The van der Waals surface area contributed by atoms with Crippen molar-refractivity contribution in [3.8, 4) is 0 Å². The fourth-order valence-electron chi connectivity index (χ4n) is 1.77. The maximum Gasteiger partial charge on any atom is 0.0189 e. The first kappa shape index (κ1) is 14.3. The Morgan fingerprint density at radius 3 is 2.56 bits per heavy atom. The second-order valence-electron chi connectivity index (χ2n) is 5.28. The van der Waals surface area contributed by atoms with Crippen LogP contribution in [0.1, 0.15) is 27.7 Å². The molecule has 0 heterocycles. The van der Waals surface area contributed by atoms with Gasteiger partial charge in [-0.1, -0.05) is 56.7 Å². The van der Waals surface area contributed by atoms with Crippen LogP contribution in [0.3, 0.4) is 0 Å². The zero-order chi connectivity index (χ0) is 12.2. The molecule has 90 valence electrons. The van der Waals surface area contributed by atoms with E-state index in [1.807, 2.05) is 0 Å². The van der Waals surface area contributed by atoms with E-state index in [0.717, 1.165) is 6.54 Å². The molecule has 1 unspecified atom stereocenters. The first-order chi connectivity index (χ1) is 7.37. The summed E-state index contributed by atoms with van der Waals surface area (Å²) in [5.74, 6) is 0. The second-order valence-corrected chi connectivity index (χ2v) is 7.04. The lowest BCUT2D eigenvalue weighted by atomic mass is 9.81. The van der Waals surface area contributed by atoms with Crippen LogP contribution in [0.15, 0.2) is 36.0 Å². The molecule has 1 atom stereocenters. The van der Waals surface area contributed by atoms with E-state index in [1.165, 1.54) is 5.57 Å². The smallest absolute Gasteiger partial charge is 0.0189 e. The molecule has 1 rings (SSSR count). The molecule has 0 amide bonds. The molecule has 0 aliphatic heterocycles. The van der Waals surface area contributed by atoms with Crippen LogP contribution in [0.25, 0.3) is 0 Å². The minimum Gasteiger partial charge on any atom is -0.254 e. The van der Waals surface area contributed by atoms with Crippen LogP contribution in [0.2, 0.25) is 0 Å². The first-order valence-electron chi connectivity index (χ1n) is 5.46. The molecule has 1 aliphatic rings. The summed E-state index contributed by atoms with van der Waals surface area (Å²) in [7, 11) is 1.64. The van der Waals surface area contributed by atoms with Crippen LogP contribution >= 0.6 is 30.3 Å². The van der Waals surface area contributed by atoms with Gasteiger partial charge in [-0.05, 0) is 16.0 Å². The summed E-state index contributed by atoms with van der Waals surface area (Å²) in [6.45, 7) is 9.87. The second kappa shape index (κ2) is 5.74. The number of allylic oxidation sites excluding steroid dienone is 4. The quantitative estimate of drug-likeness (QED) is 0.451. The van der Waals surface area contributed by atoms with E-state index in [2.05, 4.69) is 84.0 Å². The lowest BCUT2D eigenvalue weighted by molar-refractivity contribution is 0.526. The van der Waals surface area contributed by atoms with Gasteiger partial charge in [0, 0.05) is 38.6 Å². The monoisotopic (exact) mass is 349 g/mol. The Morgan fingerprint density at radius 1 is 1.25 bits per heavy atom. The maximum atomic E-state index is 3.33. The van der Waals surface area contributed by atoms with Crippen molar-refractivity contribution in [2.45, 2.75) is 27.7 Å². The number of rotatable bonds is 3. The van der Waals surface area contributed by atoms with E-state index >= 15 is 0 Å². The number of hydrogen-bond acceptors (Lipinski definition) is 2. The summed E-state index contributed by atoms with van der Waals surface area (Å²) in [4.78, 5) is 0. The minimum atomic E-state index is 0.102. The number of halogens is 1. The largest absolute Gasteiger partial charge is 0.254 e. The molecule has 1 nitrogen and oxygen atoms in total. The molecular formula is C13H20INS. The van der Waals surface area contributed by atoms with Crippen LogP contribution in [0, 0.1) is 10.8 Å². The molecule has 0 aromatic rings. The molecule has 0 aromatic carbocycles. The zero-order valence-corrected chi connectivity index (χ0v) is 13.4. The van der Waals surface area contributed by atoms with Gasteiger partial charge in [0.05, 0.1) is 0 Å². The van der Waals surface area contributed by atoms with E-state index in [4.69, 9.17) is 0 Å². The molecule has 0 saturated heterocycles. The van der Waals surface area contributed by atoms with Crippen molar-refractivity contribution < 1.29 is 0 Å². The van der Waals surface area contributed by atoms with Crippen molar-refractivity contribution in [1.29, 1.82) is 0 Å². The van der Waals surface area contributed by atoms with Gasteiger partial charge in [-0.25, -0.2) is 0 Å². The summed E-state index contributed by atoms with van der Waals surface area (Å²) >= 11 is 2.26. The van der Waals surface area contributed by atoms with Crippen molar-refractivity contribution in [3.05, 3.63) is 36.0 Å². The van der Waals surface area contributed by atoms with Crippen LogP contribution in [0.4, 0.5) is 0 Å². The molecule has 0 fully saturated rings. The van der Waals surface area contributed by atoms with Gasteiger partial charge >= 0.3 is 0 Å². The average molecular weight is 349 g/mol. The van der Waals surface area contributed by atoms with Crippen LogP contribution in [-0.2, 0) is 0 Å². The Hall–Kier alpha value is 0.260. The predicted octanol–water partition coefficient (Wildman–Crippen LogP) is 4.68. The normalized spacial score (nSPS) is 35.7. The fraction of sp³-hybridized carbons (Fsp3) is 0.538. The molecule has 1 aliphatic carbocycles. The molecule has 0 aromatic heterocycles. The Balaban J connectivity index is 2.94. The summed E-state index contributed by atoms with van der Waals surface area (Å²) in [5.41, 5.74) is 1.58. The van der Waals surface area contributed by atoms with Gasteiger partial charge in [-0.15, -0.1) is 0 Å². The van der Waals surface area contributed by atoms with Crippen LogP contribution in [0.5, 0.6) is 0 Å². The van der Waals surface area contributed by atoms with Crippen LogP contribution in [-0.4, -0.2) is 6.54 Å². The van der Waals surface area contributed by atoms with E-state index in [0.29, 0.717) is 0 Å². The summed E-state index contributed by atoms with van der Waals surface area (Å²) in [6, 6.07) is 0. The Kier molecular flexibility index (Phi) is 5.13. The lowest BCUT2D eigenvalue weighted by Gasteiger charge is -2.26. The minimum absolute atomic E-state index is 0.102. The van der Waals surface area contributed by atoms with E-state index in [1.54, 1.807) is 9.12 Å². The third kappa shape index (κ3) is 4.63. The van der Waals surface area contributed by atoms with Gasteiger partial charge in [0.25, 0.3) is 0 Å². The molecular weight excluding hydrogens is 329 g/mol. The van der Waals surface area contributed by atoms with Crippen molar-refractivity contribution in [2.75, 3.05) is 6.54 Å². The molecule has 0 saturated carbocycles. The maximum absolute atomic E-state index is 3.33. The lowest BCUT2D eigenvalue weighted by Crippen LogP contribution is -2.25. The molecule has 0 bridgehead atoms. The Labute approximate surface area is 116 Å². The molecule has 16 heavy (non-hydrogen) atoms. The van der Waals surface area contributed by atoms with Gasteiger partial charge in [-0.2, -0.15) is 0 Å². The SMILES string of the molecule is CC1=C/C(C)(C)/C=C\C(C)(CNSI)/C=C\1. The van der Waals surface area contributed by atoms with Gasteiger partial charge < -0.3 is 0 Å². The van der Waals surface area contributed by atoms with Crippen molar-refractivity contribution in [2.24, 2.45) is 10.8 Å². The topological polar surface area (TPSA) is 12.0 Å². The van der Waals surface area contributed by atoms with Crippen LogP contribution < -0.4 is 4.72 Å². The van der Waals surface area contributed by atoms with E-state index in [9.17, 15) is 0 Å². The van der Waals surface area contributed by atoms with E-state index in [-0.39, 0.29) is 10.8 Å². The molecule has 1 N–H and O–H groups in total. The third-order valence-corrected chi connectivity index (χ3v) is 3.92. The highest BCUT2D eigenvalue weighted by Gasteiger charge is 2.21. The summed E-state index contributed by atoms with van der Waals surface area (Å²) in [6.07, 6.45) is 11.4. The van der Waals surface area contributed by atoms with Gasteiger partial charge in [0.2, 0.25) is 0 Å². The number of hydrogen-bond donors (Lipinski definition) is 1. The molecule has 0 spiro atoms. The number of nitrogens with one attached hydrogen (secondary N) is 1.